The number of furan rings is 1. The maximum atomic E-state index is 11.8. The number of hydrogen-bond donors (Lipinski definition) is 2. The van der Waals surface area contributed by atoms with Gasteiger partial charge in [0.2, 0.25) is 5.91 Å². The number of aryl methyl sites for hydroxylation is 1. The maximum Gasteiger partial charge on any atom is 0.249 e. The van der Waals surface area contributed by atoms with Crippen LogP contribution >= 0.6 is 0 Å². The van der Waals surface area contributed by atoms with Gasteiger partial charge in [0.25, 0.3) is 0 Å². The molecule has 0 spiro atoms. The first-order chi connectivity index (χ1) is 8.19. The van der Waals surface area contributed by atoms with Crippen molar-refractivity contribution < 1.29 is 13.9 Å². The Kier molecular flexibility index (Phi) is 3.81. The lowest BCUT2D eigenvalue weighted by molar-refractivity contribution is -0.132. The molecule has 2 unspecified atom stereocenters. The molecular weight excluding hydrogens is 220 g/mol. The lowest BCUT2D eigenvalue weighted by Gasteiger charge is -2.11. The Bertz CT molecular complexity index is 389. The first kappa shape index (κ1) is 12.1. The Morgan fingerprint density at radius 2 is 2.35 bits per heavy atom. The summed E-state index contributed by atoms with van der Waals surface area (Å²) in [6.07, 6.45) is 1.26. The van der Waals surface area contributed by atoms with E-state index in [1.54, 1.807) is 0 Å². The first-order valence-electron chi connectivity index (χ1n) is 5.87. The summed E-state index contributed by atoms with van der Waals surface area (Å²) in [6, 6.07) is 3.73. The number of carbonyl (C=O) groups excluding carboxylic acids is 1. The molecule has 1 aromatic heterocycles. The second-order valence-electron chi connectivity index (χ2n) is 4.29. The second kappa shape index (κ2) is 5.33. The molecule has 1 aromatic rings. The van der Waals surface area contributed by atoms with E-state index in [1.807, 2.05) is 19.1 Å². The third kappa shape index (κ3) is 3.08. The van der Waals surface area contributed by atoms with E-state index < -0.39 is 0 Å². The minimum absolute atomic E-state index is 0.0246. The normalized spacial score (nSPS) is 23.9. The van der Waals surface area contributed by atoms with Crippen LogP contribution in [0.2, 0.25) is 0 Å². The Morgan fingerprint density at radius 1 is 1.53 bits per heavy atom. The number of ether oxygens (including phenoxy) is 1. The topological polar surface area (TPSA) is 77.5 Å². The lowest BCUT2D eigenvalue weighted by atomic mass is 10.2. The van der Waals surface area contributed by atoms with Gasteiger partial charge >= 0.3 is 0 Å². The Morgan fingerprint density at radius 3 is 2.94 bits per heavy atom. The van der Waals surface area contributed by atoms with Gasteiger partial charge in [-0.2, -0.15) is 0 Å². The highest BCUT2D eigenvalue weighted by atomic mass is 16.5. The second-order valence-corrected chi connectivity index (χ2v) is 4.29. The number of hydrogen-bond acceptors (Lipinski definition) is 4. The van der Waals surface area contributed by atoms with Crippen LogP contribution in [-0.4, -0.2) is 24.7 Å². The number of carbonyl (C=O) groups is 1. The molecule has 2 heterocycles. The monoisotopic (exact) mass is 238 g/mol. The minimum Gasteiger partial charge on any atom is -0.465 e. The van der Waals surface area contributed by atoms with Gasteiger partial charge in [0, 0.05) is 6.54 Å². The lowest BCUT2D eigenvalue weighted by Crippen LogP contribution is -2.35. The Labute approximate surface area is 100 Å². The van der Waals surface area contributed by atoms with E-state index in [0.29, 0.717) is 13.1 Å². The van der Waals surface area contributed by atoms with Crippen LogP contribution in [0, 0.1) is 6.92 Å². The van der Waals surface area contributed by atoms with Gasteiger partial charge in [0.15, 0.2) is 0 Å². The van der Waals surface area contributed by atoms with Crippen molar-refractivity contribution in [3.05, 3.63) is 23.7 Å². The molecule has 17 heavy (non-hydrogen) atoms. The predicted octanol–water partition coefficient (Wildman–Crippen LogP) is 0.711. The van der Waals surface area contributed by atoms with Crippen LogP contribution in [-0.2, 0) is 16.1 Å². The Hall–Kier alpha value is -1.33. The van der Waals surface area contributed by atoms with Gasteiger partial charge in [0.1, 0.15) is 17.6 Å². The van der Waals surface area contributed by atoms with E-state index >= 15 is 0 Å². The smallest absolute Gasteiger partial charge is 0.249 e. The van der Waals surface area contributed by atoms with Gasteiger partial charge in [0.05, 0.1) is 12.6 Å². The molecule has 3 N–H and O–H groups in total. The van der Waals surface area contributed by atoms with Crippen LogP contribution in [0.5, 0.6) is 0 Å². The third-order valence-electron chi connectivity index (χ3n) is 2.90. The van der Waals surface area contributed by atoms with Crippen molar-refractivity contribution in [2.45, 2.75) is 38.5 Å². The van der Waals surface area contributed by atoms with Crippen molar-refractivity contribution in [1.82, 2.24) is 5.32 Å². The quantitative estimate of drug-likeness (QED) is 0.810. The average molecular weight is 238 g/mol. The van der Waals surface area contributed by atoms with Crippen molar-refractivity contribution >= 4 is 5.91 Å². The molecule has 5 nitrogen and oxygen atoms in total. The fraction of sp³-hybridized carbons (Fsp3) is 0.583. The van der Waals surface area contributed by atoms with Crippen molar-refractivity contribution in [3.8, 4) is 0 Å². The zero-order valence-corrected chi connectivity index (χ0v) is 9.94. The van der Waals surface area contributed by atoms with E-state index in [1.165, 1.54) is 0 Å². The van der Waals surface area contributed by atoms with E-state index in [4.69, 9.17) is 14.9 Å². The number of amides is 1. The molecule has 0 aromatic carbocycles. The maximum absolute atomic E-state index is 11.8. The average Bonchev–Trinajstić information content (AvgIpc) is 2.94. The standard InChI is InChI=1S/C12H18N2O3/c1-8-2-3-10(16-8)7-14-12(15)11-5-4-9(6-13)17-11/h2-3,9,11H,4-7,13H2,1H3,(H,14,15). The van der Waals surface area contributed by atoms with Crippen LogP contribution in [0.3, 0.4) is 0 Å². The predicted molar refractivity (Wildman–Crippen MR) is 62.2 cm³/mol. The van der Waals surface area contributed by atoms with Crippen LogP contribution in [0.4, 0.5) is 0 Å². The fourth-order valence-electron chi connectivity index (χ4n) is 1.94. The molecule has 0 bridgehead atoms. The van der Waals surface area contributed by atoms with Gasteiger partial charge < -0.3 is 20.2 Å². The zero-order chi connectivity index (χ0) is 12.3. The molecule has 2 rings (SSSR count). The molecule has 1 aliphatic heterocycles. The van der Waals surface area contributed by atoms with E-state index in [2.05, 4.69) is 5.32 Å². The molecule has 0 saturated carbocycles. The van der Waals surface area contributed by atoms with E-state index in [9.17, 15) is 4.79 Å². The van der Waals surface area contributed by atoms with Gasteiger partial charge in [-0.3, -0.25) is 4.79 Å². The van der Waals surface area contributed by atoms with Crippen molar-refractivity contribution in [2.75, 3.05) is 6.54 Å². The molecule has 1 aliphatic rings. The van der Waals surface area contributed by atoms with Crippen molar-refractivity contribution in [1.29, 1.82) is 0 Å². The fourth-order valence-corrected chi connectivity index (χ4v) is 1.94. The summed E-state index contributed by atoms with van der Waals surface area (Å²) in [5, 5.41) is 2.80. The van der Waals surface area contributed by atoms with Gasteiger partial charge in [-0.1, -0.05) is 0 Å². The van der Waals surface area contributed by atoms with Crippen LogP contribution in [0.25, 0.3) is 0 Å². The van der Waals surface area contributed by atoms with Crippen LogP contribution in [0.15, 0.2) is 16.5 Å². The summed E-state index contributed by atoms with van der Waals surface area (Å²) < 4.78 is 10.9. The largest absolute Gasteiger partial charge is 0.465 e. The summed E-state index contributed by atoms with van der Waals surface area (Å²) in [6.45, 7) is 2.75. The summed E-state index contributed by atoms with van der Waals surface area (Å²) in [4.78, 5) is 11.8. The molecule has 94 valence electrons. The molecular formula is C12H18N2O3. The number of nitrogens with one attached hydrogen (secondary N) is 1. The summed E-state index contributed by atoms with van der Waals surface area (Å²) >= 11 is 0. The summed E-state index contributed by atoms with van der Waals surface area (Å²) in [7, 11) is 0. The van der Waals surface area contributed by atoms with Gasteiger partial charge in [-0.25, -0.2) is 0 Å². The molecule has 1 saturated heterocycles. The first-order valence-corrected chi connectivity index (χ1v) is 5.87. The SMILES string of the molecule is Cc1ccc(CNC(=O)C2CCC(CN)O2)o1. The number of nitrogens with two attached hydrogens (primary N) is 1. The highest BCUT2D eigenvalue weighted by molar-refractivity contribution is 5.80. The highest BCUT2D eigenvalue weighted by Crippen LogP contribution is 2.19. The summed E-state index contributed by atoms with van der Waals surface area (Å²) in [5.41, 5.74) is 5.49. The molecule has 1 fully saturated rings. The number of rotatable bonds is 4. The van der Waals surface area contributed by atoms with Crippen LogP contribution in [0.1, 0.15) is 24.4 Å². The van der Waals surface area contributed by atoms with Crippen molar-refractivity contribution in [2.24, 2.45) is 5.73 Å². The zero-order valence-electron chi connectivity index (χ0n) is 9.94. The van der Waals surface area contributed by atoms with E-state index in [-0.39, 0.29) is 18.1 Å². The van der Waals surface area contributed by atoms with Gasteiger partial charge in [-0.05, 0) is 31.9 Å². The third-order valence-corrected chi connectivity index (χ3v) is 2.90. The van der Waals surface area contributed by atoms with E-state index in [0.717, 1.165) is 24.4 Å². The summed E-state index contributed by atoms with van der Waals surface area (Å²) in [5.74, 6) is 1.51. The molecule has 0 radical (unpaired) electrons. The molecule has 0 aliphatic carbocycles. The molecule has 5 heteroatoms. The van der Waals surface area contributed by atoms with Gasteiger partial charge in [-0.15, -0.1) is 0 Å². The minimum atomic E-state index is -0.361. The highest BCUT2D eigenvalue weighted by Gasteiger charge is 2.29. The van der Waals surface area contributed by atoms with Crippen molar-refractivity contribution in [3.63, 3.8) is 0 Å². The molecule has 2 atom stereocenters. The molecule has 1 amide bonds. The Balaban J connectivity index is 1.78. The van der Waals surface area contributed by atoms with Crippen LogP contribution < -0.4 is 11.1 Å².